The van der Waals surface area contributed by atoms with Crippen molar-refractivity contribution in [2.75, 3.05) is 13.2 Å². The maximum absolute atomic E-state index is 11.3. The molecule has 6 nitrogen and oxygen atoms in total. The molecule has 0 aliphatic carbocycles. The third kappa shape index (κ3) is 4.95. The fraction of sp³-hybridized carbons (Fsp3) is 0.727. The minimum atomic E-state index is -0.480. The number of hydrogen-bond donors (Lipinski definition) is 2. The van der Waals surface area contributed by atoms with Gasteiger partial charge in [-0.2, -0.15) is 0 Å². The Balaban J connectivity index is 2.19. The van der Waals surface area contributed by atoms with Crippen LogP contribution in [0.25, 0.3) is 0 Å². The Morgan fingerprint density at radius 3 is 2.94 bits per heavy atom. The molecule has 96 valence electrons. The van der Waals surface area contributed by atoms with Crippen LogP contribution in [0.4, 0.5) is 0 Å². The topological polar surface area (TPSA) is 84.5 Å². The lowest BCUT2D eigenvalue weighted by molar-refractivity contribution is -0.143. The summed E-state index contributed by atoms with van der Waals surface area (Å²) in [6.07, 6.45) is 2.53. The molecule has 0 aromatic carbocycles. The number of ether oxygens (including phenoxy) is 1. The second-order valence-electron chi connectivity index (χ2n) is 3.96. The maximum Gasteiger partial charge on any atom is 0.319 e. The lowest BCUT2D eigenvalue weighted by Gasteiger charge is -2.21. The molecule has 6 heteroatoms. The van der Waals surface area contributed by atoms with E-state index in [-0.39, 0.29) is 24.3 Å². The molecule has 1 heterocycles. The van der Waals surface area contributed by atoms with E-state index in [9.17, 15) is 14.4 Å². The van der Waals surface area contributed by atoms with E-state index in [1.54, 1.807) is 0 Å². The zero-order valence-corrected chi connectivity index (χ0v) is 9.95. The summed E-state index contributed by atoms with van der Waals surface area (Å²) >= 11 is 0. The Morgan fingerprint density at radius 2 is 2.29 bits per heavy atom. The Morgan fingerprint density at radius 1 is 1.53 bits per heavy atom. The molecule has 0 aromatic rings. The maximum atomic E-state index is 11.3. The Kier molecular flexibility index (Phi) is 5.62. The van der Waals surface area contributed by atoms with E-state index in [1.165, 1.54) is 0 Å². The molecule has 1 atom stereocenters. The van der Waals surface area contributed by atoms with Gasteiger partial charge >= 0.3 is 5.97 Å². The average molecular weight is 242 g/mol. The molecule has 1 unspecified atom stereocenters. The first-order valence-electron chi connectivity index (χ1n) is 5.86. The standard InChI is InChI=1S/C11H18N2O4/c1-2-3-6-17-10(15)7-12-8-4-5-9(14)13-11(8)16/h8,12H,2-7H2,1H3,(H,13,14,16). The van der Waals surface area contributed by atoms with Crippen molar-refractivity contribution in [1.29, 1.82) is 0 Å². The number of nitrogens with one attached hydrogen (secondary N) is 2. The van der Waals surface area contributed by atoms with Gasteiger partial charge in [0.25, 0.3) is 0 Å². The number of carbonyl (C=O) groups excluding carboxylic acids is 3. The Bertz CT molecular complexity index is 304. The molecule has 2 N–H and O–H groups in total. The molecular weight excluding hydrogens is 224 g/mol. The van der Waals surface area contributed by atoms with Crippen molar-refractivity contribution in [3.8, 4) is 0 Å². The van der Waals surface area contributed by atoms with Gasteiger partial charge in [-0.05, 0) is 12.8 Å². The Hall–Kier alpha value is -1.43. The number of esters is 1. The first kappa shape index (κ1) is 13.6. The van der Waals surface area contributed by atoms with Crippen LogP contribution < -0.4 is 10.6 Å². The average Bonchev–Trinajstić information content (AvgIpc) is 2.28. The zero-order valence-electron chi connectivity index (χ0n) is 9.95. The third-order valence-electron chi connectivity index (χ3n) is 2.49. The van der Waals surface area contributed by atoms with Gasteiger partial charge in [0, 0.05) is 6.42 Å². The highest BCUT2D eigenvalue weighted by Gasteiger charge is 2.26. The molecule has 0 aromatic heterocycles. The van der Waals surface area contributed by atoms with Gasteiger partial charge < -0.3 is 4.74 Å². The number of piperidine rings is 1. The molecule has 1 fully saturated rings. The molecule has 0 spiro atoms. The zero-order chi connectivity index (χ0) is 12.7. The van der Waals surface area contributed by atoms with Crippen molar-refractivity contribution in [3.05, 3.63) is 0 Å². The molecule has 0 radical (unpaired) electrons. The molecular formula is C11H18N2O4. The van der Waals surface area contributed by atoms with E-state index < -0.39 is 6.04 Å². The van der Waals surface area contributed by atoms with Gasteiger partial charge in [0.2, 0.25) is 11.8 Å². The van der Waals surface area contributed by atoms with Gasteiger partial charge in [0.05, 0.1) is 19.2 Å². The van der Waals surface area contributed by atoms with Crippen LogP contribution in [-0.4, -0.2) is 37.0 Å². The van der Waals surface area contributed by atoms with Crippen molar-refractivity contribution in [2.45, 2.75) is 38.6 Å². The summed E-state index contributed by atoms with van der Waals surface area (Å²) in [4.78, 5) is 33.5. The Labute approximate surface area is 100 Å². The third-order valence-corrected chi connectivity index (χ3v) is 2.49. The largest absolute Gasteiger partial charge is 0.465 e. The number of amides is 2. The van der Waals surface area contributed by atoms with Crippen LogP contribution in [0.2, 0.25) is 0 Å². The van der Waals surface area contributed by atoms with Gasteiger partial charge in [0.15, 0.2) is 0 Å². The van der Waals surface area contributed by atoms with Crippen LogP contribution in [-0.2, 0) is 19.1 Å². The lowest BCUT2D eigenvalue weighted by Crippen LogP contribution is -2.51. The summed E-state index contributed by atoms with van der Waals surface area (Å²) < 4.78 is 4.93. The predicted octanol–water partition coefficient (Wildman–Crippen LogP) is -0.275. The summed E-state index contributed by atoms with van der Waals surface area (Å²) in [6, 6.07) is -0.480. The summed E-state index contributed by atoms with van der Waals surface area (Å²) in [7, 11) is 0. The second-order valence-corrected chi connectivity index (χ2v) is 3.96. The van der Waals surface area contributed by atoms with Crippen LogP contribution >= 0.6 is 0 Å². The first-order valence-corrected chi connectivity index (χ1v) is 5.86. The summed E-state index contributed by atoms with van der Waals surface area (Å²) in [5, 5.41) is 4.99. The number of rotatable bonds is 6. The highest BCUT2D eigenvalue weighted by atomic mass is 16.5. The molecule has 0 bridgehead atoms. The molecule has 17 heavy (non-hydrogen) atoms. The van der Waals surface area contributed by atoms with E-state index in [0.29, 0.717) is 19.4 Å². The highest BCUT2D eigenvalue weighted by molar-refractivity contribution is 6.00. The van der Waals surface area contributed by atoms with Crippen molar-refractivity contribution >= 4 is 17.8 Å². The molecule has 2 amide bonds. The smallest absolute Gasteiger partial charge is 0.319 e. The highest BCUT2D eigenvalue weighted by Crippen LogP contribution is 2.03. The van der Waals surface area contributed by atoms with Crippen LogP contribution in [0.5, 0.6) is 0 Å². The number of imide groups is 1. The van der Waals surface area contributed by atoms with E-state index in [0.717, 1.165) is 12.8 Å². The monoisotopic (exact) mass is 242 g/mol. The number of unbranched alkanes of at least 4 members (excludes halogenated alkanes) is 1. The van der Waals surface area contributed by atoms with Crippen LogP contribution in [0.15, 0.2) is 0 Å². The van der Waals surface area contributed by atoms with Crippen molar-refractivity contribution in [1.82, 2.24) is 10.6 Å². The fourth-order valence-corrected chi connectivity index (χ4v) is 1.48. The van der Waals surface area contributed by atoms with Crippen molar-refractivity contribution in [3.63, 3.8) is 0 Å². The lowest BCUT2D eigenvalue weighted by atomic mass is 10.1. The first-order chi connectivity index (χ1) is 8.13. The van der Waals surface area contributed by atoms with Crippen LogP contribution in [0, 0.1) is 0 Å². The normalized spacial score (nSPS) is 19.9. The van der Waals surface area contributed by atoms with E-state index in [2.05, 4.69) is 10.6 Å². The minimum Gasteiger partial charge on any atom is -0.465 e. The number of carbonyl (C=O) groups is 3. The molecule has 1 saturated heterocycles. The minimum absolute atomic E-state index is 0.00398. The number of hydrogen-bond acceptors (Lipinski definition) is 5. The summed E-state index contributed by atoms with van der Waals surface area (Å²) in [5.74, 6) is -1.01. The molecule has 1 aliphatic heterocycles. The fourth-order valence-electron chi connectivity index (χ4n) is 1.48. The van der Waals surface area contributed by atoms with Gasteiger partial charge in [-0.15, -0.1) is 0 Å². The van der Waals surface area contributed by atoms with Crippen LogP contribution in [0.1, 0.15) is 32.6 Å². The van der Waals surface area contributed by atoms with E-state index in [1.807, 2.05) is 6.92 Å². The van der Waals surface area contributed by atoms with E-state index >= 15 is 0 Å². The van der Waals surface area contributed by atoms with Crippen LogP contribution in [0.3, 0.4) is 0 Å². The predicted molar refractivity (Wildman–Crippen MR) is 60.0 cm³/mol. The van der Waals surface area contributed by atoms with E-state index in [4.69, 9.17) is 4.74 Å². The quantitative estimate of drug-likeness (QED) is 0.380. The van der Waals surface area contributed by atoms with Gasteiger partial charge in [-0.25, -0.2) is 0 Å². The molecule has 1 rings (SSSR count). The van der Waals surface area contributed by atoms with Gasteiger partial charge in [-0.3, -0.25) is 25.0 Å². The summed E-state index contributed by atoms with van der Waals surface area (Å²) in [6.45, 7) is 2.41. The summed E-state index contributed by atoms with van der Waals surface area (Å²) in [5.41, 5.74) is 0. The second kappa shape index (κ2) is 7.01. The SMILES string of the molecule is CCCCOC(=O)CNC1CCC(=O)NC1=O. The van der Waals surface area contributed by atoms with Crippen molar-refractivity contribution in [2.24, 2.45) is 0 Å². The van der Waals surface area contributed by atoms with Gasteiger partial charge in [-0.1, -0.05) is 13.3 Å². The van der Waals surface area contributed by atoms with Gasteiger partial charge in [0.1, 0.15) is 0 Å². The molecule has 0 saturated carbocycles. The van der Waals surface area contributed by atoms with Crippen molar-refractivity contribution < 1.29 is 19.1 Å². The molecule has 1 aliphatic rings.